The largest absolute Gasteiger partial charge is 0.494 e. The van der Waals surface area contributed by atoms with Gasteiger partial charge in [-0.05, 0) is 51.1 Å². The molecule has 0 radical (unpaired) electrons. The maximum Gasteiger partial charge on any atom is 0.328 e. The molecule has 0 saturated carbocycles. The molecule has 14 heteroatoms. The third-order valence-corrected chi connectivity index (χ3v) is 8.74. The average molecular weight is 637 g/mol. The SMILES string of the molecule is CCN1CCN(c2ccc3oc([C@]4(CN5Cc6ccc(OC)c(F)c6C5=O)NC(=O)N(COC(=O)C(C)(C)C)C4=O)cc3n2)CC1. The summed E-state index contributed by atoms with van der Waals surface area (Å²) in [6.45, 7) is 10.4. The summed E-state index contributed by atoms with van der Waals surface area (Å²) in [4.78, 5) is 64.9. The van der Waals surface area contributed by atoms with Crippen molar-refractivity contribution in [3.63, 3.8) is 0 Å². The molecule has 1 aromatic carbocycles. The molecule has 5 heterocycles. The number of benzene rings is 1. The Balaban J connectivity index is 1.35. The number of nitrogens with zero attached hydrogens (tertiary/aromatic N) is 5. The monoisotopic (exact) mass is 636 g/mol. The van der Waals surface area contributed by atoms with Gasteiger partial charge in [0.05, 0.1) is 24.6 Å². The average Bonchev–Trinajstić information content (AvgIpc) is 3.67. The number of fused-ring (bicyclic) bond motifs is 2. The highest BCUT2D eigenvalue weighted by atomic mass is 19.1. The van der Waals surface area contributed by atoms with Crippen LogP contribution in [0.2, 0.25) is 0 Å². The van der Waals surface area contributed by atoms with Crippen LogP contribution in [0.3, 0.4) is 0 Å². The Morgan fingerprint density at radius 3 is 2.52 bits per heavy atom. The lowest BCUT2D eigenvalue weighted by Crippen LogP contribution is -2.52. The molecule has 0 aliphatic carbocycles. The van der Waals surface area contributed by atoms with Crippen LogP contribution in [0.15, 0.2) is 34.7 Å². The summed E-state index contributed by atoms with van der Waals surface area (Å²) in [7, 11) is 1.30. The smallest absolute Gasteiger partial charge is 0.328 e. The van der Waals surface area contributed by atoms with Crippen LogP contribution >= 0.6 is 0 Å². The Bertz CT molecular complexity index is 1730. The number of amides is 4. The normalized spacial score (nSPS) is 20.5. The van der Waals surface area contributed by atoms with Crippen molar-refractivity contribution >= 4 is 40.7 Å². The van der Waals surface area contributed by atoms with Crippen molar-refractivity contribution in [1.82, 2.24) is 25.0 Å². The number of methoxy groups -OCH3 is 1. The minimum Gasteiger partial charge on any atom is -0.494 e. The van der Waals surface area contributed by atoms with Crippen molar-refractivity contribution in [2.75, 3.05) is 58.0 Å². The molecule has 13 nitrogen and oxygen atoms in total. The Labute approximate surface area is 265 Å². The minimum atomic E-state index is -1.92. The highest BCUT2D eigenvalue weighted by molar-refractivity contribution is 6.08. The van der Waals surface area contributed by atoms with Crippen molar-refractivity contribution in [2.24, 2.45) is 5.41 Å². The van der Waals surface area contributed by atoms with Crippen molar-refractivity contribution in [2.45, 2.75) is 39.8 Å². The third kappa shape index (κ3) is 5.29. The summed E-state index contributed by atoms with van der Waals surface area (Å²) in [5, 5.41) is 2.70. The van der Waals surface area contributed by atoms with Crippen molar-refractivity contribution in [3.8, 4) is 5.75 Å². The van der Waals surface area contributed by atoms with E-state index in [4.69, 9.17) is 18.9 Å². The number of carbonyl (C=O) groups excluding carboxylic acids is 4. The fourth-order valence-electron chi connectivity index (χ4n) is 6.00. The Morgan fingerprint density at radius 1 is 1.11 bits per heavy atom. The molecule has 0 bridgehead atoms. The van der Waals surface area contributed by atoms with Gasteiger partial charge in [0, 0.05) is 38.8 Å². The first-order valence-corrected chi connectivity index (χ1v) is 15.2. The van der Waals surface area contributed by atoms with Crippen LogP contribution < -0.4 is 15.0 Å². The van der Waals surface area contributed by atoms with Crippen LogP contribution in [0.5, 0.6) is 5.75 Å². The summed E-state index contributed by atoms with van der Waals surface area (Å²) in [5.74, 6) is -2.19. The number of esters is 1. The number of rotatable bonds is 8. The van der Waals surface area contributed by atoms with Gasteiger partial charge in [-0.2, -0.15) is 0 Å². The number of aromatic nitrogens is 1. The molecule has 3 aliphatic rings. The van der Waals surface area contributed by atoms with Crippen LogP contribution in [0.4, 0.5) is 15.0 Å². The first-order valence-electron chi connectivity index (χ1n) is 15.2. The zero-order valence-corrected chi connectivity index (χ0v) is 26.5. The number of pyridine rings is 1. The topological polar surface area (TPSA) is 138 Å². The maximum atomic E-state index is 15.2. The van der Waals surface area contributed by atoms with E-state index in [-0.39, 0.29) is 30.2 Å². The van der Waals surface area contributed by atoms with Gasteiger partial charge in [0.1, 0.15) is 17.1 Å². The highest BCUT2D eigenvalue weighted by Crippen LogP contribution is 2.38. The first kappa shape index (κ1) is 31.3. The molecule has 1 atom stereocenters. The van der Waals surface area contributed by atoms with Crippen LogP contribution in [-0.4, -0.2) is 96.6 Å². The molecular formula is C32H37FN6O7. The number of imide groups is 1. The second-order valence-corrected chi connectivity index (χ2v) is 12.7. The zero-order valence-electron chi connectivity index (χ0n) is 26.5. The molecule has 2 fully saturated rings. The minimum absolute atomic E-state index is 0.0225. The Hall–Kier alpha value is -4.72. The highest BCUT2D eigenvalue weighted by Gasteiger charge is 2.57. The number of hydrogen-bond donors (Lipinski definition) is 1. The predicted octanol–water partition coefficient (Wildman–Crippen LogP) is 3.07. The van der Waals surface area contributed by atoms with Gasteiger partial charge >= 0.3 is 12.0 Å². The summed E-state index contributed by atoms with van der Waals surface area (Å²) in [6, 6.07) is 7.34. The molecule has 2 aromatic heterocycles. The van der Waals surface area contributed by atoms with E-state index < -0.39 is 47.3 Å². The Morgan fingerprint density at radius 2 is 1.85 bits per heavy atom. The number of likely N-dealkylation sites (N-methyl/N-ethyl adjacent to an activating group) is 1. The zero-order chi connectivity index (χ0) is 33.0. The molecule has 2 saturated heterocycles. The number of urea groups is 1. The van der Waals surface area contributed by atoms with Crippen molar-refractivity contribution < 1.29 is 37.5 Å². The van der Waals surface area contributed by atoms with Gasteiger partial charge in [-0.25, -0.2) is 19.1 Å². The molecule has 4 amide bonds. The van der Waals surface area contributed by atoms with E-state index in [0.717, 1.165) is 43.4 Å². The van der Waals surface area contributed by atoms with Gasteiger partial charge in [-0.3, -0.25) is 14.4 Å². The number of piperazine rings is 1. The van der Waals surface area contributed by atoms with E-state index in [1.165, 1.54) is 18.1 Å². The van der Waals surface area contributed by atoms with E-state index in [1.54, 1.807) is 39.0 Å². The van der Waals surface area contributed by atoms with Gasteiger partial charge in [0.2, 0.25) is 0 Å². The van der Waals surface area contributed by atoms with Crippen LogP contribution in [0.1, 0.15) is 49.4 Å². The van der Waals surface area contributed by atoms with Gasteiger partial charge in [0.15, 0.2) is 29.4 Å². The molecule has 1 N–H and O–H groups in total. The van der Waals surface area contributed by atoms with Crippen molar-refractivity contribution in [3.05, 3.63) is 53.0 Å². The Kier molecular flexibility index (Phi) is 7.87. The number of halogens is 1. The molecule has 0 unspecified atom stereocenters. The number of ether oxygens (including phenoxy) is 2. The van der Waals surface area contributed by atoms with Gasteiger partial charge in [-0.1, -0.05) is 13.0 Å². The molecular weight excluding hydrogens is 599 g/mol. The van der Waals surface area contributed by atoms with E-state index in [2.05, 4.69) is 22.0 Å². The molecule has 46 heavy (non-hydrogen) atoms. The third-order valence-electron chi connectivity index (χ3n) is 8.74. The van der Waals surface area contributed by atoms with Gasteiger partial charge in [-0.15, -0.1) is 0 Å². The second kappa shape index (κ2) is 11.6. The molecule has 0 spiro atoms. The van der Waals surface area contributed by atoms with E-state index in [1.807, 2.05) is 6.07 Å². The second-order valence-electron chi connectivity index (χ2n) is 12.7. The fourth-order valence-corrected chi connectivity index (χ4v) is 6.00. The number of carbonyl (C=O) groups is 4. The van der Waals surface area contributed by atoms with Crippen LogP contribution in [0.25, 0.3) is 11.1 Å². The molecule has 244 valence electrons. The lowest BCUT2D eigenvalue weighted by Gasteiger charge is -2.34. The predicted molar refractivity (Wildman–Crippen MR) is 163 cm³/mol. The molecule has 6 rings (SSSR count). The van der Waals surface area contributed by atoms with Gasteiger partial charge < -0.3 is 33.9 Å². The van der Waals surface area contributed by atoms with Crippen LogP contribution in [-0.2, 0) is 26.4 Å². The number of furan rings is 1. The summed E-state index contributed by atoms with van der Waals surface area (Å²) in [6.07, 6.45) is 0. The maximum absolute atomic E-state index is 15.2. The number of nitrogens with one attached hydrogen (secondary N) is 1. The standard InChI is InChI=1S/C32H37FN6O7/c1-6-36-11-13-37(14-12-36)24-10-9-21-20(34-24)15-23(46-21)32(28(41)39(30(43)35-32)18-45-29(42)31(2,3)4)17-38-16-19-7-8-22(44-5)26(33)25(19)27(38)40/h7-10,15H,6,11-14,16-18H2,1-5H3,(H,35,43)/t32-/m0/s1. The quantitative estimate of drug-likeness (QED) is 0.290. The lowest BCUT2D eigenvalue weighted by molar-refractivity contribution is -0.158. The van der Waals surface area contributed by atoms with Crippen molar-refractivity contribution in [1.29, 1.82) is 0 Å². The lowest BCUT2D eigenvalue weighted by atomic mass is 9.95. The van der Waals surface area contributed by atoms with E-state index in [0.29, 0.717) is 16.7 Å². The number of anilines is 1. The molecule has 3 aromatic rings. The van der Waals surface area contributed by atoms with E-state index in [9.17, 15) is 19.2 Å². The summed E-state index contributed by atoms with van der Waals surface area (Å²) >= 11 is 0. The first-order chi connectivity index (χ1) is 21.9. The fraction of sp³-hybridized carbons (Fsp3) is 0.469. The van der Waals surface area contributed by atoms with E-state index >= 15 is 4.39 Å². The van der Waals surface area contributed by atoms with Gasteiger partial charge in [0.25, 0.3) is 11.8 Å². The summed E-state index contributed by atoms with van der Waals surface area (Å²) < 4.78 is 31.7. The molecule has 3 aliphatic heterocycles. The number of hydrogen-bond acceptors (Lipinski definition) is 10. The van der Waals surface area contributed by atoms with Crippen LogP contribution in [0, 0.1) is 11.2 Å². The summed E-state index contributed by atoms with van der Waals surface area (Å²) in [5.41, 5.74) is -1.72.